The first kappa shape index (κ1) is 16.2. The Kier molecular flexibility index (Phi) is 5.87. The smallest absolute Gasteiger partial charge is 0.0483 e. The molecular formula is C15H23BrClN3. The molecule has 1 aliphatic heterocycles. The minimum atomic E-state index is 0.228. The number of halogens is 2. The summed E-state index contributed by atoms with van der Waals surface area (Å²) in [6.45, 7) is 6.06. The minimum Gasteiger partial charge on any atom is -0.329 e. The second-order valence-corrected chi connectivity index (χ2v) is 6.75. The van der Waals surface area contributed by atoms with Gasteiger partial charge in [-0.05, 0) is 37.2 Å². The van der Waals surface area contributed by atoms with Gasteiger partial charge in [0.05, 0.1) is 0 Å². The molecule has 1 aromatic rings. The Morgan fingerprint density at radius 3 is 2.85 bits per heavy atom. The molecule has 0 spiro atoms. The van der Waals surface area contributed by atoms with E-state index < -0.39 is 0 Å². The Labute approximate surface area is 135 Å². The average Bonchev–Trinajstić information content (AvgIpc) is 2.45. The molecule has 0 amide bonds. The van der Waals surface area contributed by atoms with Gasteiger partial charge in [-0.2, -0.15) is 0 Å². The summed E-state index contributed by atoms with van der Waals surface area (Å²) in [6.07, 6.45) is 1.17. The Morgan fingerprint density at radius 1 is 1.45 bits per heavy atom. The molecule has 5 heteroatoms. The maximum absolute atomic E-state index is 6.15. The third kappa shape index (κ3) is 3.55. The summed E-state index contributed by atoms with van der Waals surface area (Å²) in [7, 11) is 2.21. The monoisotopic (exact) mass is 359 g/mol. The van der Waals surface area contributed by atoms with Gasteiger partial charge < -0.3 is 10.6 Å². The molecule has 2 N–H and O–H groups in total. The highest BCUT2D eigenvalue weighted by Gasteiger charge is 2.29. The Bertz CT molecular complexity index is 455. The summed E-state index contributed by atoms with van der Waals surface area (Å²) in [5.41, 5.74) is 7.25. The molecule has 20 heavy (non-hydrogen) atoms. The van der Waals surface area contributed by atoms with Crippen molar-refractivity contribution < 1.29 is 0 Å². The van der Waals surface area contributed by atoms with Crippen LogP contribution in [-0.2, 0) is 0 Å². The van der Waals surface area contributed by atoms with E-state index in [9.17, 15) is 0 Å². The lowest BCUT2D eigenvalue weighted by atomic mass is 10.0. The first-order chi connectivity index (χ1) is 9.56. The van der Waals surface area contributed by atoms with Crippen molar-refractivity contribution in [3.63, 3.8) is 0 Å². The maximum atomic E-state index is 6.15. The normalized spacial score (nSPS) is 22.9. The van der Waals surface area contributed by atoms with Crippen molar-refractivity contribution in [2.45, 2.75) is 25.4 Å². The van der Waals surface area contributed by atoms with E-state index in [1.165, 1.54) is 12.0 Å². The Balaban J connectivity index is 2.21. The first-order valence-electron chi connectivity index (χ1n) is 7.16. The SMILES string of the molecule is CCC1CN(C(CN)c2cc(Cl)ccc2Br)CCN1C. The van der Waals surface area contributed by atoms with Crippen molar-refractivity contribution in [2.75, 3.05) is 33.2 Å². The quantitative estimate of drug-likeness (QED) is 0.895. The van der Waals surface area contributed by atoms with Gasteiger partial charge in [0.2, 0.25) is 0 Å². The average molecular weight is 361 g/mol. The highest BCUT2D eigenvalue weighted by Crippen LogP contribution is 2.31. The topological polar surface area (TPSA) is 32.5 Å². The van der Waals surface area contributed by atoms with E-state index in [1.807, 2.05) is 18.2 Å². The zero-order valence-electron chi connectivity index (χ0n) is 12.1. The van der Waals surface area contributed by atoms with E-state index in [1.54, 1.807) is 0 Å². The van der Waals surface area contributed by atoms with Crippen LogP contribution < -0.4 is 5.73 Å². The van der Waals surface area contributed by atoms with Gasteiger partial charge in [0.25, 0.3) is 0 Å². The molecule has 0 radical (unpaired) electrons. The van der Waals surface area contributed by atoms with Crippen LogP contribution in [0.4, 0.5) is 0 Å². The molecular weight excluding hydrogens is 338 g/mol. The number of nitrogens with two attached hydrogens (primary N) is 1. The molecule has 0 aromatic heterocycles. The van der Waals surface area contributed by atoms with E-state index in [0.29, 0.717) is 12.6 Å². The molecule has 1 heterocycles. The number of nitrogens with zero attached hydrogens (tertiary/aromatic N) is 2. The molecule has 1 fully saturated rings. The fraction of sp³-hybridized carbons (Fsp3) is 0.600. The minimum absolute atomic E-state index is 0.228. The van der Waals surface area contributed by atoms with Gasteiger partial charge >= 0.3 is 0 Å². The molecule has 3 nitrogen and oxygen atoms in total. The van der Waals surface area contributed by atoms with Crippen LogP contribution in [0.5, 0.6) is 0 Å². The third-order valence-corrected chi connectivity index (χ3v) is 5.22. The van der Waals surface area contributed by atoms with Crippen LogP contribution in [0.1, 0.15) is 24.9 Å². The molecule has 112 valence electrons. The number of hydrogen-bond donors (Lipinski definition) is 1. The third-order valence-electron chi connectivity index (χ3n) is 4.26. The number of likely N-dealkylation sites (N-methyl/N-ethyl adjacent to an activating group) is 1. The standard InChI is InChI=1S/C15H23BrClN3/c1-3-12-10-20(7-6-19(12)2)15(9-18)13-8-11(17)4-5-14(13)16/h4-5,8,12,15H,3,6-7,9-10,18H2,1-2H3. The summed E-state index contributed by atoms with van der Waals surface area (Å²) in [5, 5.41) is 0.766. The van der Waals surface area contributed by atoms with Crippen LogP contribution >= 0.6 is 27.5 Å². The fourth-order valence-electron chi connectivity index (χ4n) is 2.94. The lowest BCUT2D eigenvalue weighted by Gasteiger charge is -2.43. The Morgan fingerprint density at radius 2 is 2.20 bits per heavy atom. The van der Waals surface area contributed by atoms with Crippen molar-refractivity contribution in [1.29, 1.82) is 0 Å². The van der Waals surface area contributed by atoms with Crippen molar-refractivity contribution in [2.24, 2.45) is 5.73 Å². The molecule has 2 unspecified atom stereocenters. The molecule has 1 saturated heterocycles. The molecule has 2 rings (SSSR count). The maximum Gasteiger partial charge on any atom is 0.0483 e. The van der Waals surface area contributed by atoms with Crippen LogP contribution in [0.25, 0.3) is 0 Å². The summed E-state index contributed by atoms with van der Waals surface area (Å²) >= 11 is 9.78. The van der Waals surface area contributed by atoms with Crippen molar-refractivity contribution >= 4 is 27.5 Å². The van der Waals surface area contributed by atoms with Crippen LogP contribution in [0.3, 0.4) is 0 Å². The lowest BCUT2D eigenvalue weighted by Crippen LogP contribution is -2.53. The molecule has 0 saturated carbocycles. The van der Waals surface area contributed by atoms with Crippen molar-refractivity contribution in [3.8, 4) is 0 Å². The molecule has 2 atom stereocenters. The van der Waals surface area contributed by atoms with Gasteiger partial charge in [-0.15, -0.1) is 0 Å². The van der Waals surface area contributed by atoms with Crippen LogP contribution in [-0.4, -0.2) is 49.1 Å². The van der Waals surface area contributed by atoms with Crippen molar-refractivity contribution in [1.82, 2.24) is 9.80 Å². The van der Waals surface area contributed by atoms with Crippen molar-refractivity contribution in [3.05, 3.63) is 33.3 Å². The number of rotatable bonds is 4. The summed E-state index contributed by atoms with van der Waals surface area (Å²) in [6, 6.07) is 6.78. The van der Waals surface area contributed by atoms with Crippen LogP contribution in [0.2, 0.25) is 5.02 Å². The largest absolute Gasteiger partial charge is 0.329 e. The Hall–Kier alpha value is -0.130. The summed E-state index contributed by atoms with van der Waals surface area (Å²) in [5.74, 6) is 0. The van der Waals surface area contributed by atoms with Gasteiger partial charge in [0.1, 0.15) is 0 Å². The first-order valence-corrected chi connectivity index (χ1v) is 8.33. The molecule has 1 aromatic carbocycles. The fourth-order valence-corrected chi connectivity index (χ4v) is 3.63. The molecule has 0 bridgehead atoms. The van der Waals surface area contributed by atoms with Gasteiger partial charge in [-0.1, -0.05) is 34.5 Å². The number of piperazine rings is 1. The van der Waals surface area contributed by atoms with Gasteiger partial charge in [0.15, 0.2) is 0 Å². The van der Waals surface area contributed by atoms with Gasteiger partial charge in [-0.25, -0.2) is 0 Å². The predicted octanol–water partition coefficient (Wildman–Crippen LogP) is 3.13. The van der Waals surface area contributed by atoms with E-state index in [4.69, 9.17) is 17.3 Å². The van der Waals surface area contributed by atoms with Gasteiger partial charge in [-0.3, -0.25) is 4.90 Å². The predicted molar refractivity (Wildman–Crippen MR) is 89.2 cm³/mol. The summed E-state index contributed by atoms with van der Waals surface area (Å²) in [4.78, 5) is 4.93. The van der Waals surface area contributed by atoms with Crippen LogP contribution in [0.15, 0.2) is 22.7 Å². The molecule has 0 aliphatic carbocycles. The van der Waals surface area contributed by atoms with E-state index in [-0.39, 0.29) is 6.04 Å². The highest BCUT2D eigenvalue weighted by molar-refractivity contribution is 9.10. The summed E-state index contributed by atoms with van der Waals surface area (Å²) < 4.78 is 1.09. The second kappa shape index (κ2) is 7.23. The number of hydrogen-bond acceptors (Lipinski definition) is 3. The number of benzene rings is 1. The van der Waals surface area contributed by atoms with E-state index >= 15 is 0 Å². The van der Waals surface area contributed by atoms with E-state index in [0.717, 1.165) is 29.1 Å². The zero-order chi connectivity index (χ0) is 14.7. The highest BCUT2D eigenvalue weighted by atomic mass is 79.9. The van der Waals surface area contributed by atoms with Crippen LogP contribution in [0, 0.1) is 0 Å². The lowest BCUT2D eigenvalue weighted by molar-refractivity contribution is 0.0642. The zero-order valence-corrected chi connectivity index (χ0v) is 14.5. The van der Waals surface area contributed by atoms with E-state index in [2.05, 4.69) is 39.7 Å². The second-order valence-electron chi connectivity index (χ2n) is 5.45. The molecule has 1 aliphatic rings. The van der Waals surface area contributed by atoms with Gasteiger partial charge in [0, 0.05) is 47.8 Å².